The molecule has 1 aliphatic heterocycles. The highest BCUT2D eigenvalue weighted by atomic mass is 32.2. The number of rotatable bonds is 6. The van der Waals surface area contributed by atoms with Crippen LogP contribution in [0.15, 0.2) is 70.6 Å². The third-order valence-corrected chi connectivity index (χ3v) is 5.81. The van der Waals surface area contributed by atoms with E-state index in [9.17, 15) is 8.78 Å². The molecule has 2 N–H and O–H groups in total. The van der Waals surface area contributed by atoms with Gasteiger partial charge in [-0.15, -0.1) is 0 Å². The van der Waals surface area contributed by atoms with Crippen LogP contribution in [0, 0.1) is 11.6 Å². The molecule has 1 heterocycles. The van der Waals surface area contributed by atoms with Gasteiger partial charge in [0.15, 0.2) is 0 Å². The molecule has 0 amide bonds. The predicted molar refractivity (Wildman–Crippen MR) is 123 cm³/mol. The molecule has 0 unspecified atom stereocenters. The van der Waals surface area contributed by atoms with Crippen molar-refractivity contribution in [1.82, 2.24) is 9.62 Å². The molecule has 0 bridgehead atoms. The number of nitrogens with one attached hydrogen (secondary N) is 2. The fourth-order valence-electron chi connectivity index (χ4n) is 3.51. The van der Waals surface area contributed by atoms with Gasteiger partial charge in [-0.3, -0.25) is 4.72 Å². The molecule has 0 saturated carbocycles. The number of hydrogen-bond donors (Lipinski definition) is 2. The second kappa shape index (κ2) is 9.49. The molecule has 0 radical (unpaired) electrons. The molecule has 0 atom stereocenters. The lowest BCUT2D eigenvalue weighted by atomic mass is 10.0. The molecule has 0 fully saturated rings. The lowest BCUT2D eigenvalue weighted by molar-refractivity contribution is 0.402. The first-order valence-corrected chi connectivity index (χ1v) is 10.8. The van der Waals surface area contributed by atoms with E-state index in [1.807, 2.05) is 26.2 Å². The van der Waals surface area contributed by atoms with Crippen LogP contribution >= 0.6 is 11.9 Å². The highest BCUT2D eigenvalue weighted by molar-refractivity contribution is 7.98. The third-order valence-electron chi connectivity index (χ3n) is 4.95. The predicted octanol–water partition coefficient (Wildman–Crippen LogP) is 5.20. The molecule has 7 heteroatoms. The Morgan fingerprint density at radius 1 is 0.935 bits per heavy atom. The molecule has 0 spiro atoms. The first-order chi connectivity index (χ1) is 15.0. The van der Waals surface area contributed by atoms with Gasteiger partial charge in [-0.05, 0) is 60.9 Å². The summed E-state index contributed by atoms with van der Waals surface area (Å²) in [6.07, 6.45) is 0.162. The van der Waals surface area contributed by atoms with Gasteiger partial charge in [-0.1, -0.05) is 42.5 Å². The Hall–Kier alpha value is -2.90. The van der Waals surface area contributed by atoms with Crippen LogP contribution in [-0.2, 0) is 19.5 Å². The zero-order valence-corrected chi connectivity index (χ0v) is 18.3. The summed E-state index contributed by atoms with van der Waals surface area (Å²) in [7, 11) is 4.07. The van der Waals surface area contributed by atoms with Crippen molar-refractivity contribution in [1.29, 1.82) is 0 Å². The smallest absolute Gasteiger partial charge is 0.206 e. The standard InChI is InChI=1S/C24H24F2N4S/c1-30(2)15-17-7-5-6-16(12-17)14-27-24-28-23-19(13-18-8-3-4-9-20(18)25)21(26)10-11-22(23)31-29-24/h3-12H,13-15H2,1-2H3,(H2,27,28,29). The average molecular weight is 439 g/mol. The van der Waals surface area contributed by atoms with Crippen molar-refractivity contribution in [3.05, 3.63) is 94.6 Å². The molecule has 0 aromatic heterocycles. The van der Waals surface area contributed by atoms with Crippen molar-refractivity contribution in [2.75, 3.05) is 19.4 Å². The zero-order valence-electron chi connectivity index (χ0n) is 17.5. The van der Waals surface area contributed by atoms with E-state index in [2.05, 4.69) is 32.1 Å². The maximum absolute atomic E-state index is 14.7. The van der Waals surface area contributed by atoms with Gasteiger partial charge in [0.25, 0.3) is 0 Å². The zero-order chi connectivity index (χ0) is 21.8. The van der Waals surface area contributed by atoms with Gasteiger partial charge in [0, 0.05) is 18.5 Å². The van der Waals surface area contributed by atoms with E-state index in [0.29, 0.717) is 29.3 Å². The maximum Gasteiger partial charge on any atom is 0.206 e. The fourth-order valence-corrected chi connectivity index (χ4v) is 4.24. The Kier molecular flexibility index (Phi) is 6.53. The number of halogens is 2. The van der Waals surface area contributed by atoms with Crippen molar-refractivity contribution in [3.63, 3.8) is 0 Å². The van der Waals surface area contributed by atoms with E-state index in [1.54, 1.807) is 24.3 Å². The number of aliphatic imine (C=N–C) groups is 1. The van der Waals surface area contributed by atoms with Crippen LogP contribution in [0.2, 0.25) is 0 Å². The lowest BCUT2D eigenvalue weighted by Crippen LogP contribution is -2.30. The average Bonchev–Trinajstić information content (AvgIpc) is 2.75. The number of guanidine groups is 1. The van der Waals surface area contributed by atoms with Crippen molar-refractivity contribution < 1.29 is 8.78 Å². The summed E-state index contributed by atoms with van der Waals surface area (Å²) in [5.74, 6) is -0.156. The Labute approximate surface area is 185 Å². The summed E-state index contributed by atoms with van der Waals surface area (Å²) in [5.41, 5.74) is 3.83. The van der Waals surface area contributed by atoms with Crippen molar-refractivity contribution in [2.24, 2.45) is 4.99 Å². The Bertz CT molecular complexity index is 1110. The minimum Gasteiger partial charge on any atom is -0.324 e. The number of fused-ring (bicyclic) bond motifs is 1. The van der Waals surface area contributed by atoms with Crippen LogP contribution in [0.3, 0.4) is 0 Å². The van der Waals surface area contributed by atoms with Gasteiger partial charge in [-0.25, -0.2) is 13.8 Å². The van der Waals surface area contributed by atoms with Gasteiger partial charge in [0.05, 0.1) is 17.1 Å². The first-order valence-electron chi connectivity index (χ1n) is 10.0. The van der Waals surface area contributed by atoms with E-state index < -0.39 is 0 Å². The van der Waals surface area contributed by atoms with Crippen LogP contribution in [0.4, 0.5) is 14.5 Å². The molecule has 1 aliphatic rings. The van der Waals surface area contributed by atoms with Gasteiger partial charge in [0.2, 0.25) is 5.96 Å². The Balaban J connectivity index is 1.55. The molecular weight excluding hydrogens is 414 g/mol. The normalized spacial score (nSPS) is 14.3. The van der Waals surface area contributed by atoms with Crippen LogP contribution < -0.4 is 10.0 Å². The van der Waals surface area contributed by atoms with Crippen molar-refractivity contribution in [3.8, 4) is 0 Å². The number of nitrogens with zero attached hydrogens (tertiary/aromatic N) is 2. The Morgan fingerprint density at radius 3 is 2.55 bits per heavy atom. The summed E-state index contributed by atoms with van der Waals surface area (Å²) in [6, 6.07) is 17.9. The SMILES string of the molecule is CN(C)Cc1cccc(CN=C2NSc3ccc(F)c(Cc4ccccc4F)c3N2)c1. The number of hydrogen-bond acceptors (Lipinski definition) is 3. The summed E-state index contributed by atoms with van der Waals surface area (Å²) in [6.45, 7) is 1.35. The highest BCUT2D eigenvalue weighted by Gasteiger charge is 2.21. The van der Waals surface area contributed by atoms with Crippen molar-refractivity contribution >= 4 is 23.6 Å². The van der Waals surface area contributed by atoms with Gasteiger partial charge < -0.3 is 10.2 Å². The molecule has 0 aliphatic carbocycles. The molecule has 4 rings (SSSR count). The molecule has 160 valence electrons. The summed E-state index contributed by atoms with van der Waals surface area (Å²) < 4.78 is 32.0. The highest BCUT2D eigenvalue weighted by Crippen LogP contribution is 2.35. The lowest BCUT2D eigenvalue weighted by Gasteiger charge is -2.23. The van der Waals surface area contributed by atoms with E-state index in [0.717, 1.165) is 17.0 Å². The van der Waals surface area contributed by atoms with Crippen LogP contribution in [0.5, 0.6) is 0 Å². The second-order valence-corrected chi connectivity index (χ2v) is 8.57. The van der Waals surface area contributed by atoms with Gasteiger partial charge >= 0.3 is 0 Å². The Morgan fingerprint density at radius 2 is 1.74 bits per heavy atom. The third kappa shape index (κ3) is 5.24. The molecule has 3 aromatic carbocycles. The molecule has 3 aromatic rings. The minimum absolute atomic E-state index is 0.162. The van der Waals surface area contributed by atoms with Gasteiger partial charge in [0.1, 0.15) is 11.6 Å². The molecule has 31 heavy (non-hydrogen) atoms. The fraction of sp³-hybridized carbons (Fsp3) is 0.208. The molecular formula is C24H24F2N4S. The van der Waals surface area contributed by atoms with Crippen LogP contribution in [-0.4, -0.2) is 25.0 Å². The van der Waals surface area contributed by atoms with E-state index in [-0.39, 0.29) is 18.1 Å². The summed E-state index contributed by atoms with van der Waals surface area (Å²) >= 11 is 1.37. The summed E-state index contributed by atoms with van der Waals surface area (Å²) in [5, 5.41) is 3.21. The first kappa shape index (κ1) is 21.3. The molecule has 4 nitrogen and oxygen atoms in total. The van der Waals surface area contributed by atoms with Crippen LogP contribution in [0.1, 0.15) is 22.3 Å². The second-order valence-electron chi connectivity index (χ2n) is 7.72. The molecule has 0 saturated heterocycles. The van der Waals surface area contributed by atoms with Gasteiger partial charge in [-0.2, -0.15) is 0 Å². The number of anilines is 1. The summed E-state index contributed by atoms with van der Waals surface area (Å²) in [4.78, 5) is 7.60. The largest absolute Gasteiger partial charge is 0.324 e. The topological polar surface area (TPSA) is 39.7 Å². The van der Waals surface area contributed by atoms with Crippen molar-refractivity contribution in [2.45, 2.75) is 24.4 Å². The maximum atomic E-state index is 14.7. The van der Waals surface area contributed by atoms with E-state index in [4.69, 9.17) is 0 Å². The monoisotopic (exact) mass is 438 g/mol. The minimum atomic E-state index is -0.368. The van der Waals surface area contributed by atoms with Crippen LogP contribution in [0.25, 0.3) is 0 Å². The number of benzene rings is 3. The van der Waals surface area contributed by atoms with E-state index in [1.165, 1.54) is 29.6 Å². The van der Waals surface area contributed by atoms with E-state index >= 15 is 0 Å². The quantitative estimate of drug-likeness (QED) is 0.519.